The van der Waals surface area contributed by atoms with Crippen LogP contribution in [-0.2, 0) is 9.53 Å². The Balaban J connectivity index is 1.65. The van der Waals surface area contributed by atoms with Gasteiger partial charge in [-0.15, -0.1) is 0 Å². The molecule has 23 heavy (non-hydrogen) atoms. The highest BCUT2D eigenvalue weighted by Crippen LogP contribution is 2.21. The molecule has 1 aliphatic rings. The van der Waals surface area contributed by atoms with E-state index in [1.165, 1.54) is 0 Å². The summed E-state index contributed by atoms with van der Waals surface area (Å²) in [6.07, 6.45) is 2.97. The van der Waals surface area contributed by atoms with E-state index in [0.717, 1.165) is 18.5 Å². The molecule has 1 aromatic carbocycles. The van der Waals surface area contributed by atoms with Crippen molar-refractivity contribution in [2.24, 2.45) is 0 Å². The molecule has 2 N–H and O–H groups in total. The molecule has 0 radical (unpaired) electrons. The summed E-state index contributed by atoms with van der Waals surface area (Å²) in [5, 5.41) is 15.0. The van der Waals surface area contributed by atoms with Crippen molar-refractivity contribution >= 4 is 23.1 Å². The third-order valence-electron chi connectivity index (χ3n) is 3.57. The van der Waals surface area contributed by atoms with Crippen LogP contribution in [0.4, 0.5) is 17.2 Å². The second-order valence-corrected chi connectivity index (χ2v) is 5.20. The van der Waals surface area contributed by atoms with Gasteiger partial charge in [-0.3, -0.25) is 4.79 Å². The molecule has 116 valence electrons. The van der Waals surface area contributed by atoms with E-state index >= 15 is 0 Å². The van der Waals surface area contributed by atoms with Gasteiger partial charge in [0.25, 0.3) is 5.91 Å². The minimum absolute atomic E-state index is 0.111. The fourth-order valence-electron chi connectivity index (χ4n) is 2.38. The van der Waals surface area contributed by atoms with Crippen molar-refractivity contribution in [3.8, 4) is 6.07 Å². The highest BCUT2D eigenvalue weighted by Gasteiger charge is 2.23. The first kappa shape index (κ1) is 15.0. The minimum Gasteiger partial charge on any atom is -0.368 e. The summed E-state index contributed by atoms with van der Waals surface area (Å²) in [6.45, 7) is 0.645. The summed E-state index contributed by atoms with van der Waals surface area (Å²) in [4.78, 5) is 16.1. The molecule has 2 aromatic rings. The van der Waals surface area contributed by atoms with E-state index in [1.54, 1.807) is 30.5 Å². The summed E-state index contributed by atoms with van der Waals surface area (Å²) >= 11 is 0. The number of nitrogens with zero attached hydrogens (tertiary/aromatic N) is 2. The number of ether oxygens (including phenoxy) is 1. The molecule has 0 saturated carbocycles. The molecule has 1 aromatic heterocycles. The largest absolute Gasteiger partial charge is 0.368 e. The maximum absolute atomic E-state index is 12.0. The van der Waals surface area contributed by atoms with Gasteiger partial charge < -0.3 is 15.4 Å². The number of anilines is 3. The van der Waals surface area contributed by atoms with E-state index in [4.69, 9.17) is 10.00 Å². The Bertz CT molecular complexity index is 731. The summed E-state index contributed by atoms with van der Waals surface area (Å²) in [6, 6.07) is 12.7. The maximum atomic E-state index is 12.0. The zero-order valence-corrected chi connectivity index (χ0v) is 12.5. The number of hydrogen-bond acceptors (Lipinski definition) is 5. The molecule has 1 aliphatic heterocycles. The maximum Gasteiger partial charge on any atom is 0.253 e. The number of carbonyl (C=O) groups excluding carboxylic acids is 1. The first-order valence-electron chi connectivity index (χ1n) is 7.41. The molecule has 1 amide bonds. The van der Waals surface area contributed by atoms with E-state index in [1.807, 2.05) is 12.1 Å². The number of amides is 1. The first-order chi connectivity index (χ1) is 11.3. The van der Waals surface area contributed by atoms with Gasteiger partial charge in [0, 0.05) is 24.2 Å². The molecule has 1 fully saturated rings. The number of rotatable bonds is 4. The van der Waals surface area contributed by atoms with Crippen LogP contribution in [0.5, 0.6) is 0 Å². The standard InChI is InChI=1S/C17H16N4O2/c18-11-12-3-1-9-19-16(12)20-13-5-7-14(8-6-13)21-17(22)15-4-2-10-23-15/h1,3,5-9,15H,2,4,10H2,(H,19,20)(H,21,22). The van der Waals surface area contributed by atoms with Crippen LogP contribution in [-0.4, -0.2) is 23.6 Å². The third kappa shape index (κ3) is 3.65. The van der Waals surface area contributed by atoms with Crippen LogP contribution < -0.4 is 10.6 Å². The quantitative estimate of drug-likeness (QED) is 0.907. The molecular formula is C17H16N4O2. The number of hydrogen-bond donors (Lipinski definition) is 2. The molecule has 0 aliphatic carbocycles. The zero-order chi connectivity index (χ0) is 16.1. The average molecular weight is 308 g/mol. The molecule has 2 heterocycles. The van der Waals surface area contributed by atoms with E-state index in [0.29, 0.717) is 23.7 Å². The molecule has 0 spiro atoms. The van der Waals surface area contributed by atoms with Crippen molar-refractivity contribution in [2.75, 3.05) is 17.2 Å². The topological polar surface area (TPSA) is 87.0 Å². The van der Waals surface area contributed by atoms with Crippen LogP contribution in [0.25, 0.3) is 0 Å². The summed E-state index contributed by atoms with van der Waals surface area (Å²) in [7, 11) is 0. The Labute approximate surface area is 134 Å². The lowest BCUT2D eigenvalue weighted by molar-refractivity contribution is -0.124. The fourth-order valence-corrected chi connectivity index (χ4v) is 2.38. The lowest BCUT2D eigenvalue weighted by Crippen LogP contribution is -2.26. The highest BCUT2D eigenvalue weighted by atomic mass is 16.5. The minimum atomic E-state index is -0.348. The summed E-state index contributed by atoms with van der Waals surface area (Å²) < 4.78 is 5.35. The van der Waals surface area contributed by atoms with E-state index in [-0.39, 0.29) is 12.0 Å². The predicted molar refractivity (Wildman–Crippen MR) is 86.3 cm³/mol. The molecule has 6 nitrogen and oxygen atoms in total. The molecule has 6 heteroatoms. The molecule has 1 unspecified atom stereocenters. The van der Waals surface area contributed by atoms with Gasteiger partial charge in [0.05, 0.1) is 5.56 Å². The smallest absolute Gasteiger partial charge is 0.253 e. The van der Waals surface area contributed by atoms with Gasteiger partial charge in [-0.25, -0.2) is 4.98 Å². The van der Waals surface area contributed by atoms with E-state index in [9.17, 15) is 4.79 Å². The van der Waals surface area contributed by atoms with Gasteiger partial charge in [-0.05, 0) is 49.2 Å². The van der Waals surface area contributed by atoms with Crippen LogP contribution in [0.15, 0.2) is 42.6 Å². The van der Waals surface area contributed by atoms with Gasteiger partial charge in [-0.2, -0.15) is 5.26 Å². The molecule has 3 rings (SSSR count). The number of pyridine rings is 1. The monoisotopic (exact) mass is 308 g/mol. The second kappa shape index (κ2) is 6.90. The number of aromatic nitrogens is 1. The van der Waals surface area contributed by atoms with Crippen molar-refractivity contribution in [1.29, 1.82) is 5.26 Å². The number of nitriles is 1. The van der Waals surface area contributed by atoms with Gasteiger partial charge in [-0.1, -0.05) is 0 Å². The Morgan fingerprint density at radius 2 is 2.04 bits per heavy atom. The van der Waals surface area contributed by atoms with Gasteiger partial charge >= 0.3 is 0 Å². The van der Waals surface area contributed by atoms with Crippen LogP contribution in [0.3, 0.4) is 0 Å². The normalized spacial score (nSPS) is 16.6. The Kier molecular flexibility index (Phi) is 4.50. The molecular weight excluding hydrogens is 292 g/mol. The lowest BCUT2D eigenvalue weighted by atomic mass is 10.2. The molecule has 0 bridgehead atoms. The van der Waals surface area contributed by atoms with Crippen LogP contribution in [0, 0.1) is 11.3 Å². The highest BCUT2D eigenvalue weighted by molar-refractivity contribution is 5.94. The Hall–Kier alpha value is -2.91. The van der Waals surface area contributed by atoms with Gasteiger partial charge in [0.1, 0.15) is 18.0 Å². The van der Waals surface area contributed by atoms with Crippen LogP contribution in [0.1, 0.15) is 18.4 Å². The Morgan fingerprint density at radius 3 is 2.74 bits per heavy atom. The molecule has 1 saturated heterocycles. The molecule has 1 atom stereocenters. The SMILES string of the molecule is N#Cc1cccnc1Nc1ccc(NC(=O)C2CCCO2)cc1. The van der Waals surface area contributed by atoms with Gasteiger partial charge in [0.15, 0.2) is 0 Å². The van der Waals surface area contributed by atoms with E-state index in [2.05, 4.69) is 21.7 Å². The number of carbonyl (C=O) groups is 1. The van der Waals surface area contributed by atoms with Gasteiger partial charge in [0.2, 0.25) is 0 Å². The van der Waals surface area contributed by atoms with Crippen molar-refractivity contribution in [3.63, 3.8) is 0 Å². The lowest BCUT2D eigenvalue weighted by Gasteiger charge is -2.11. The zero-order valence-electron chi connectivity index (χ0n) is 12.5. The van der Waals surface area contributed by atoms with E-state index < -0.39 is 0 Å². The van der Waals surface area contributed by atoms with Crippen LogP contribution >= 0.6 is 0 Å². The number of nitrogens with one attached hydrogen (secondary N) is 2. The summed E-state index contributed by atoms with van der Waals surface area (Å²) in [5.74, 6) is 0.394. The van der Waals surface area contributed by atoms with Crippen molar-refractivity contribution in [3.05, 3.63) is 48.2 Å². The average Bonchev–Trinajstić information content (AvgIpc) is 3.12. The summed E-state index contributed by atoms with van der Waals surface area (Å²) in [5.41, 5.74) is 1.97. The third-order valence-corrected chi connectivity index (χ3v) is 3.57. The fraction of sp³-hybridized carbons (Fsp3) is 0.235. The number of benzene rings is 1. The van der Waals surface area contributed by atoms with Crippen molar-refractivity contribution < 1.29 is 9.53 Å². The van der Waals surface area contributed by atoms with Crippen molar-refractivity contribution in [2.45, 2.75) is 18.9 Å². The first-order valence-corrected chi connectivity index (χ1v) is 7.41. The Morgan fingerprint density at radius 1 is 1.26 bits per heavy atom. The predicted octanol–water partition coefficient (Wildman–Crippen LogP) is 2.81. The van der Waals surface area contributed by atoms with Crippen LogP contribution in [0.2, 0.25) is 0 Å². The van der Waals surface area contributed by atoms with Crippen molar-refractivity contribution in [1.82, 2.24) is 4.98 Å². The second-order valence-electron chi connectivity index (χ2n) is 5.20.